The van der Waals surface area contributed by atoms with Gasteiger partial charge in [0.25, 0.3) is 0 Å². The predicted octanol–water partition coefficient (Wildman–Crippen LogP) is 3.12. The molecule has 68 valence electrons. The normalized spacial score (nSPS) is 15.5. The molecule has 0 heterocycles. The Balaban J connectivity index is 0.000000217. The van der Waals surface area contributed by atoms with Crippen LogP contribution in [0.4, 0.5) is 0 Å². The zero-order valence-electron chi connectivity index (χ0n) is 8.42. The minimum absolute atomic E-state index is 0.197. The fourth-order valence-electron chi connectivity index (χ4n) is 0.494. The molecule has 0 amide bonds. The van der Waals surface area contributed by atoms with E-state index in [9.17, 15) is 4.79 Å². The van der Waals surface area contributed by atoms with Crippen molar-refractivity contribution in [3.05, 3.63) is 24.3 Å². The largest absolute Gasteiger partial charge is 0.295 e. The molecule has 0 unspecified atom stereocenters. The van der Waals surface area contributed by atoms with Gasteiger partial charge in [0.2, 0.25) is 0 Å². The van der Waals surface area contributed by atoms with Gasteiger partial charge in [0.15, 0.2) is 5.78 Å². The summed E-state index contributed by atoms with van der Waals surface area (Å²) in [6, 6.07) is 0. The van der Waals surface area contributed by atoms with E-state index < -0.39 is 0 Å². The van der Waals surface area contributed by atoms with Crippen molar-refractivity contribution in [3.8, 4) is 0 Å². The Morgan fingerprint density at radius 2 is 1.67 bits per heavy atom. The van der Waals surface area contributed by atoms with E-state index in [-0.39, 0.29) is 5.78 Å². The van der Waals surface area contributed by atoms with E-state index in [0.717, 1.165) is 0 Å². The van der Waals surface area contributed by atoms with E-state index in [1.54, 1.807) is 12.2 Å². The van der Waals surface area contributed by atoms with Crippen molar-refractivity contribution in [2.24, 2.45) is 5.41 Å². The van der Waals surface area contributed by atoms with Gasteiger partial charge in [-0.2, -0.15) is 0 Å². The first-order valence-corrected chi connectivity index (χ1v) is 4.25. The van der Waals surface area contributed by atoms with E-state index in [4.69, 9.17) is 0 Å². The number of carbonyl (C=O) groups is 1. The summed E-state index contributed by atoms with van der Waals surface area (Å²) in [5.74, 6) is 0.197. The van der Waals surface area contributed by atoms with Gasteiger partial charge in [-0.1, -0.05) is 45.9 Å². The summed E-state index contributed by atoms with van der Waals surface area (Å²) < 4.78 is 0. The Labute approximate surface area is 75.2 Å². The Morgan fingerprint density at radius 3 is 1.83 bits per heavy atom. The van der Waals surface area contributed by atoms with Crippen molar-refractivity contribution < 1.29 is 4.79 Å². The molecule has 0 atom stereocenters. The minimum Gasteiger partial charge on any atom is -0.295 e. The average molecular weight is 166 g/mol. The molecule has 1 nitrogen and oxygen atoms in total. The van der Waals surface area contributed by atoms with E-state index >= 15 is 0 Å². The first-order valence-electron chi connectivity index (χ1n) is 4.25. The second-order valence-corrected chi connectivity index (χ2v) is 4.46. The molecule has 0 fully saturated rings. The highest BCUT2D eigenvalue weighted by atomic mass is 16.1. The number of hydrogen-bond donors (Lipinski definition) is 0. The lowest BCUT2D eigenvalue weighted by Crippen LogP contribution is -1.93. The molecule has 0 saturated carbocycles. The van der Waals surface area contributed by atoms with E-state index in [1.165, 1.54) is 0 Å². The van der Waals surface area contributed by atoms with Crippen LogP contribution in [0.15, 0.2) is 24.3 Å². The standard InChI is InChI=1S/C6H6O.C5H12/c7-6-4-2-1-3-5-6;1-5(2,3)4/h1-4H,5H2;1-4H3. The Hall–Kier alpha value is -0.850. The van der Waals surface area contributed by atoms with Gasteiger partial charge < -0.3 is 0 Å². The van der Waals surface area contributed by atoms with E-state index in [0.29, 0.717) is 11.8 Å². The summed E-state index contributed by atoms with van der Waals surface area (Å²) in [5.41, 5.74) is 0.500. The summed E-state index contributed by atoms with van der Waals surface area (Å²) in [7, 11) is 0. The third kappa shape index (κ3) is 11.9. The van der Waals surface area contributed by atoms with Crippen molar-refractivity contribution in [1.29, 1.82) is 0 Å². The highest BCUT2D eigenvalue weighted by Gasteiger charge is 1.95. The van der Waals surface area contributed by atoms with Crippen LogP contribution < -0.4 is 0 Å². The zero-order chi connectivity index (χ0) is 9.61. The lowest BCUT2D eigenvalue weighted by atomic mass is 10.0. The molecule has 1 heteroatoms. The highest BCUT2D eigenvalue weighted by Crippen LogP contribution is 2.08. The van der Waals surface area contributed by atoms with Crippen molar-refractivity contribution in [2.75, 3.05) is 0 Å². The van der Waals surface area contributed by atoms with Crippen LogP contribution in [0.5, 0.6) is 0 Å². The molecule has 0 bridgehead atoms. The zero-order valence-corrected chi connectivity index (χ0v) is 8.42. The van der Waals surface area contributed by atoms with Crippen LogP contribution in [-0.4, -0.2) is 5.78 Å². The first kappa shape index (κ1) is 11.2. The van der Waals surface area contributed by atoms with Gasteiger partial charge in [-0.15, -0.1) is 0 Å². The van der Waals surface area contributed by atoms with Crippen LogP contribution in [0, 0.1) is 5.41 Å². The maximum atomic E-state index is 10.3. The van der Waals surface area contributed by atoms with Gasteiger partial charge in [-0.05, 0) is 11.5 Å². The van der Waals surface area contributed by atoms with Crippen LogP contribution in [0.3, 0.4) is 0 Å². The molecule has 1 aliphatic carbocycles. The van der Waals surface area contributed by atoms with Crippen LogP contribution in [-0.2, 0) is 4.79 Å². The minimum atomic E-state index is 0.197. The summed E-state index contributed by atoms with van der Waals surface area (Å²) in [5, 5.41) is 0. The highest BCUT2D eigenvalue weighted by molar-refractivity contribution is 5.92. The average Bonchev–Trinajstić information content (AvgIpc) is 1.85. The molecule has 0 radical (unpaired) electrons. The molecule has 1 rings (SSSR count). The smallest absolute Gasteiger partial charge is 0.159 e. The maximum absolute atomic E-state index is 10.3. The second-order valence-electron chi connectivity index (χ2n) is 4.46. The monoisotopic (exact) mass is 166 g/mol. The molecule has 0 N–H and O–H groups in total. The Kier molecular flexibility index (Phi) is 4.57. The van der Waals surface area contributed by atoms with Gasteiger partial charge in [0.1, 0.15) is 0 Å². The van der Waals surface area contributed by atoms with Crippen molar-refractivity contribution >= 4 is 5.78 Å². The van der Waals surface area contributed by atoms with Crippen molar-refractivity contribution in [2.45, 2.75) is 34.1 Å². The van der Waals surface area contributed by atoms with Crippen LogP contribution in [0.1, 0.15) is 34.1 Å². The van der Waals surface area contributed by atoms with Gasteiger partial charge in [0, 0.05) is 6.42 Å². The fraction of sp³-hybridized carbons (Fsp3) is 0.545. The molecule has 0 aromatic rings. The summed E-state index contributed by atoms with van der Waals surface area (Å²) in [6.45, 7) is 8.75. The predicted molar refractivity (Wildman–Crippen MR) is 53.0 cm³/mol. The van der Waals surface area contributed by atoms with E-state index in [2.05, 4.69) is 27.7 Å². The lowest BCUT2D eigenvalue weighted by molar-refractivity contribution is -0.113. The number of allylic oxidation sites excluding steroid dienone is 4. The van der Waals surface area contributed by atoms with Gasteiger partial charge in [-0.3, -0.25) is 4.79 Å². The van der Waals surface area contributed by atoms with Gasteiger partial charge in [0.05, 0.1) is 0 Å². The topological polar surface area (TPSA) is 17.1 Å². The molecule has 12 heavy (non-hydrogen) atoms. The Bertz CT molecular complexity index is 186. The lowest BCUT2D eigenvalue weighted by Gasteiger charge is -2.05. The molecule has 0 saturated heterocycles. The number of hydrogen-bond acceptors (Lipinski definition) is 1. The van der Waals surface area contributed by atoms with Gasteiger partial charge >= 0.3 is 0 Å². The van der Waals surface area contributed by atoms with Crippen molar-refractivity contribution in [3.63, 3.8) is 0 Å². The quantitative estimate of drug-likeness (QED) is 0.540. The SMILES string of the molecule is CC(C)(C)C.O=C1C=CC=CC1. The van der Waals surface area contributed by atoms with Crippen molar-refractivity contribution in [1.82, 2.24) is 0 Å². The summed E-state index contributed by atoms with van der Waals surface area (Å²) in [4.78, 5) is 10.3. The fourth-order valence-corrected chi connectivity index (χ4v) is 0.494. The van der Waals surface area contributed by atoms with Crippen LogP contribution >= 0.6 is 0 Å². The Morgan fingerprint density at radius 1 is 1.17 bits per heavy atom. The van der Waals surface area contributed by atoms with E-state index in [1.807, 2.05) is 12.2 Å². The molecule has 1 aliphatic rings. The molecule has 0 spiro atoms. The number of ketones is 1. The third-order valence-electron chi connectivity index (χ3n) is 0.848. The number of rotatable bonds is 0. The maximum Gasteiger partial charge on any atom is 0.159 e. The van der Waals surface area contributed by atoms with Crippen LogP contribution in [0.2, 0.25) is 0 Å². The second kappa shape index (κ2) is 4.91. The molecule has 0 aliphatic heterocycles. The number of carbonyl (C=O) groups excluding carboxylic acids is 1. The van der Waals surface area contributed by atoms with Gasteiger partial charge in [-0.25, -0.2) is 0 Å². The molecular weight excluding hydrogens is 148 g/mol. The first-order chi connectivity index (χ1) is 5.39. The summed E-state index contributed by atoms with van der Waals surface area (Å²) in [6.07, 6.45) is 7.64. The molecular formula is C11H18O. The summed E-state index contributed by atoms with van der Waals surface area (Å²) >= 11 is 0. The molecule has 0 aromatic carbocycles. The molecule has 0 aromatic heterocycles. The third-order valence-corrected chi connectivity index (χ3v) is 0.848. The van der Waals surface area contributed by atoms with Crippen LogP contribution in [0.25, 0.3) is 0 Å².